The summed E-state index contributed by atoms with van der Waals surface area (Å²) in [5.74, 6) is -0.284. The van der Waals surface area contributed by atoms with Crippen LogP contribution in [0.1, 0.15) is 12.0 Å². The minimum atomic E-state index is -0.596. The minimum absolute atomic E-state index is 0.0901. The maximum Gasteiger partial charge on any atom is 0.237 e. The van der Waals surface area contributed by atoms with E-state index < -0.39 is 12.1 Å². The van der Waals surface area contributed by atoms with E-state index in [0.29, 0.717) is 12.8 Å². The standard InChI is InChI=1S/C16H21N3O3/c1-17-15(6-7-20)16(22)19-12(10-21)8-11-9-18-14-5-3-2-4-13(11)14/h2-5,9-10,12,15,17-18,20H,6-8H2,1H3,(H,19,22)/t12-,15-/m0/s1. The van der Waals surface area contributed by atoms with Gasteiger partial charge in [-0.25, -0.2) is 0 Å². The van der Waals surface area contributed by atoms with Gasteiger partial charge in [-0.2, -0.15) is 0 Å². The van der Waals surface area contributed by atoms with E-state index in [2.05, 4.69) is 15.6 Å². The summed E-state index contributed by atoms with van der Waals surface area (Å²) >= 11 is 0. The van der Waals surface area contributed by atoms with Crippen LogP contribution in [0.2, 0.25) is 0 Å². The average Bonchev–Trinajstić information content (AvgIpc) is 2.95. The molecule has 1 aromatic carbocycles. The zero-order valence-corrected chi connectivity index (χ0v) is 12.5. The van der Waals surface area contributed by atoms with E-state index in [9.17, 15) is 9.59 Å². The van der Waals surface area contributed by atoms with Gasteiger partial charge in [0, 0.05) is 30.1 Å². The van der Waals surface area contributed by atoms with Gasteiger partial charge in [0.2, 0.25) is 5.91 Å². The highest BCUT2D eigenvalue weighted by atomic mass is 16.3. The highest BCUT2D eigenvalue weighted by molar-refractivity contribution is 5.86. The third-order valence-corrected chi connectivity index (χ3v) is 3.69. The fourth-order valence-corrected chi connectivity index (χ4v) is 2.49. The summed E-state index contributed by atoms with van der Waals surface area (Å²) < 4.78 is 0. The second-order valence-electron chi connectivity index (χ2n) is 5.17. The number of carbonyl (C=O) groups excluding carboxylic acids is 2. The van der Waals surface area contributed by atoms with E-state index in [1.807, 2.05) is 30.5 Å². The van der Waals surface area contributed by atoms with Crippen LogP contribution in [0.4, 0.5) is 0 Å². The number of rotatable bonds is 8. The van der Waals surface area contributed by atoms with Gasteiger partial charge < -0.3 is 25.5 Å². The third kappa shape index (κ3) is 3.72. The highest BCUT2D eigenvalue weighted by Crippen LogP contribution is 2.18. The Morgan fingerprint density at radius 1 is 1.41 bits per heavy atom. The number of aliphatic hydroxyl groups is 1. The molecule has 2 rings (SSSR count). The lowest BCUT2D eigenvalue weighted by molar-refractivity contribution is -0.126. The lowest BCUT2D eigenvalue weighted by Crippen LogP contribution is -2.48. The van der Waals surface area contributed by atoms with Crippen LogP contribution in [0.3, 0.4) is 0 Å². The molecule has 0 unspecified atom stereocenters. The summed E-state index contributed by atoms with van der Waals surface area (Å²) in [6.07, 6.45) is 3.33. The number of nitrogens with one attached hydrogen (secondary N) is 3. The number of hydrogen-bond donors (Lipinski definition) is 4. The Kier molecular flexibility index (Phi) is 5.68. The maximum absolute atomic E-state index is 12.1. The van der Waals surface area contributed by atoms with E-state index >= 15 is 0 Å². The van der Waals surface area contributed by atoms with Crippen LogP contribution < -0.4 is 10.6 Å². The molecule has 0 saturated heterocycles. The normalized spacial score (nSPS) is 13.7. The molecule has 0 saturated carbocycles. The molecule has 22 heavy (non-hydrogen) atoms. The van der Waals surface area contributed by atoms with Crippen LogP contribution in [0.25, 0.3) is 10.9 Å². The van der Waals surface area contributed by atoms with Crippen molar-refractivity contribution < 1.29 is 14.7 Å². The third-order valence-electron chi connectivity index (χ3n) is 3.69. The number of carbonyl (C=O) groups is 2. The molecule has 1 heterocycles. The number of hydrogen-bond acceptors (Lipinski definition) is 4. The van der Waals surface area contributed by atoms with Gasteiger partial charge in [0.15, 0.2) is 0 Å². The van der Waals surface area contributed by atoms with E-state index in [1.165, 1.54) is 0 Å². The molecule has 0 fully saturated rings. The molecule has 2 aromatic rings. The Balaban J connectivity index is 2.06. The molecular weight excluding hydrogens is 282 g/mol. The molecule has 118 valence electrons. The SMILES string of the molecule is CN[C@@H](CCO)C(=O)N[C@H](C=O)Cc1c[nH]c2ccccc12. The first-order chi connectivity index (χ1) is 10.7. The molecule has 6 nitrogen and oxygen atoms in total. The number of aliphatic hydroxyl groups excluding tert-OH is 1. The molecule has 1 aromatic heterocycles. The summed E-state index contributed by atoms with van der Waals surface area (Å²) in [6.45, 7) is -0.0901. The van der Waals surface area contributed by atoms with Crippen molar-refractivity contribution in [1.82, 2.24) is 15.6 Å². The zero-order chi connectivity index (χ0) is 15.9. The molecule has 0 radical (unpaired) electrons. The molecule has 0 aliphatic heterocycles. The van der Waals surface area contributed by atoms with Crippen molar-refractivity contribution in [3.8, 4) is 0 Å². The number of para-hydroxylation sites is 1. The Hall–Kier alpha value is -2.18. The van der Waals surface area contributed by atoms with Crippen LogP contribution >= 0.6 is 0 Å². The smallest absolute Gasteiger partial charge is 0.237 e. The lowest BCUT2D eigenvalue weighted by Gasteiger charge is -2.18. The number of aromatic amines is 1. The monoisotopic (exact) mass is 303 g/mol. The van der Waals surface area contributed by atoms with Gasteiger partial charge >= 0.3 is 0 Å². The van der Waals surface area contributed by atoms with Crippen molar-refractivity contribution in [3.63, 3.8) is 0 Å². The highest BCUT2D eigenvalue weighted by Gasteiger charge is 2.20. The van der Waals surface area contributed by atoms with Crippen molar-refractivity contribution in [2.24, 2.45) is 0 Å². The molecule has 6 heteroatoms. The summed E-state index contributed by atoms with van der Waals surface area (Å²) in [5.41, 5.74) is 1.98. The molecule has 4 N–H and O–H groups in total. The number of likely N-dealkylation sites (N-methyl/N-ethyl adjacent to an activating group) is 1. The number of fused-ring (bicyclic) bond motifs is 1. The Morgan fingerprint density at radius 2 is 2.18 bits per heavy atom. The van der Waals surface area contributed by atoms with Crippen LogP contribution in [0, 0.1) is 0 Å². The van der Waals surface area contributed by atoms with Crippen molar-refractivity contribution >= 4 is 23.1 Å². The van der Waals surface area contributed by atoms with Crippen molar-refractivity contribution in [1.29, 1.82) is 0 Å². The Labute approximate surface area is 128 Å². The predicted octanol–water partition coefficient (Wildman–Crippen LogP) is 0.365. The molecule has 0 spiro atoms. The van der Waals surface area contributed by atoms with Gasteiger partial charge in [-0.15, -0.1) is 0 Å². The topological polar surface area (TPSA) is 94.2 Å². The van der Waals surface area contributed by atoms with Gasteiger partial charge in [-0.3, -0.25) is 4.79 Å². The first-order valence-electron chi connectivity index (χ1n) is 7.28. The second-order valence-corrected chi connectivity index (χ2v) is 5.17. The Bertz CT molecular complexity index is 638. The molecule has 0 bridgehead atoms. The fourth-order valence-electron chi connectivity index (χ4n) is 2.49. The van der Waals surface area contributed by atoms with E-state index in [1.54, 1.807) is 7.05 Å². The van der Waals surface area contributed by atoms with Crippen LogP contribution in [-0.4, -0.2) is 48.0 Å². The van der Waals surface area contributed by atoms with Gasteiger partial charge in [0.25, 0.3) is 0 Å². The number of aromatic nitrogens is 1. The van der Waals surface area contributed by atoms with E-state index in [-0.39, 0.29) is 12.5 Å². The second kappa shape index (κ2) is 7.72. The summed E-state index contributed by atoms with van der Waals surface area (Å²) in [5, 5.41) is 15.5. The predicted molar refractivity (Wildman–Crippen MR) is 84.5 cm³/mol. The first kappa shape index (κ1) is 16.2. The summed E-state index contributed by atoms with van der Waals surface area (Å²) in [4.78, 5) is 26.5. The number of benzene rings is 1. The zero-order valence-electron chi connectivity index (χ0n) is 12.5. The van der Waals surface area contributed by atoms with Gasteiger partial charge in [-0.1, -0.05) is 18.2 Å². The van der Waals surface area contributed by atoms with Crippen LogP contribution in [-0.2, 0) is 16.0 Å². The molecule has 2 atom stereocenters. The first-order valence-corrected chi connectivity index (χ1v) is 7.28. The number of aldehydes is 1. The van der Waals surface area contributed by atoms with Crippen LogP contribution in [0.15, 0.2) is 30.5 Å². The van der Waals surface area contributed by atoms with E-state index in [4.69, 9.17) is 5.11 Å². The number of H-pyrrole nitrogens is 1. The largest absolute Gasteiger partial charge is 0.396 e. The fraction of sp³-hybridized carbons (Fsp3) is 0.375. The van der Waals surface area contributed by atoms with Gasteiger partial charge in [0.05, 0.1) is 12.1 Å². The maximum atomic E-state index is 12.1. The average molecular weight is 303 g/mol. The van der Waals surface area contributed by atoms with Gasteiger partial charge in [-0.05, 0) is 25.1 Å². The summed E-state index contributed by atoms with van der Waals surface area (Å²) in [6, 6.07) is 6.72. The Morgan fingerprint density at radius 3 is 2.86 bits per heavy atom. The minimum Gasteiger partial charge on any atom is -0.396 e. The van der Waals surface area contributed by atoms with Crippen LogP contribution in [0.5, 0.6) is 0 Å². The quantitative estimate of drug-likeness (QED) is 0.530. The number of amides is 1. The van der Waals surface area contributed by atoms with Gasteiger partial charge in [0.1, 0.15) is 6.29 Å². The molecular formula is C16H21N3O3. The van der Waals surface area contributed by atoms with E-state index in [0.717, 1.165) is 22.8 Å². The van der Waals surface area contributed by atoms with Crippen molar-refractivity contribution in [2.45, 2.75) is 24.9 Å². The van der Waals surface area contributed by atoms with Crippen molar-refractivity contribution in [2.75, 3.05) is 13.7 Å². The van der Waals surface area contributed by atoms with Crippen molar-refractivity contribution in [3.05, 3.63) is 36.0 Å². The lowest BCUT2D eigenvalue weighted by atomic mass is 10.1. The molecule has 0 aliphatic carbocycles. The molecule has 0 aliphatic rings. The summed E-state index contributed by atoms with van der Waals surface area (Å²) in [7, 11) is 1.65. The molecule has 1 amide bonds.